The topological polar surface area (TPSA) is 36.3 Å². The monoisotopic (exact) mass is 236 g/mol. The summed E-state index contributed by atoms with van der Waals surface area (Å²) < 4.78 is 13.9. The molecule has 0 saturated carbocycles. The smallest absolute Gasteiger partial charge is 0.399 e. The standard InChI is InChI=1S/C12H21BN2O2/c1-7-10-9(8-15(6)14-10)13-16-11(2,3)12(4,5)17-13/h8H,7H2,1-6H3. The average molecular weight is 236 g/mol. The fraction of sp³-hybridized carbons (Fsp3) is 0.750. The lowest BCUT2D eigenvalue weighted by molar-refractivity contribution is 0.00578. The van der Waals surface area contributed by atoms with Crippen LogP contribution in [-0.2, 0) is 22.8 Å². The van der Waals surface area contributed by atoms with Crippen LogP contribution in [0.2, 0.25) is 0 Å². The molecule has 2 heterocycles. The van der Waals surface area contributed by atoms with Crippen molar-refractivity contribution in [3.63, 3.8) is 0 Å². The molecule has 0 radical (unpaired) electrons. The van der Waals surface area contributed by atoms with Crippen molar-refractivity contribution in [2.75, 3.05) is 0 Å². The molecule has 5 heteroatoms. The van der Waals surface area contributed by atoms with Gasteiger partial charge in [-0.3, -0.25) is 4.68 Å². The van der Waals surface area contributed by atoms with Gasteiger partial charge in [-0.05, 0) is 34.1 Å². The van der Waals surface area contributed by atoms with Crippen LogP contribution in [0.5, 0.6) is 0 Å². The van der Waals surface area contributed by atoms with Crippen LogP contribution in [0.1, 0.15) is 40.3 Å². The Morgan fingerprint density at radius 1 is 1.24 bits per heavy atom. The first-order valence-electron chi connectivity index (χ1n) is 6.15. The molecule has 17 heavy (non-hydrogen) atoms. The first-order valence-corrected chi connectivity index (χ1v) is 6.15. The van der Waals surface area contributed by atoms with Gasteiger partial charge >= 0.3 is 7.12 Å². The number of aromatic nitrogens is 2. The van der Waals surface area contributed by atoms with Crippen LogP contribution in [0, 0.1) is 0 Å². The Hall–Kier alpha value is -0.805. The van der Waals surface area contributed by atoms with Gasteiger partial charge in [-0.1, -0.05) is 6.92 Å². The second kappa shape index (κ2) is 3.85. The molecule has 0 amide bonds. The summed E-state index contributed by atoms with van der Waals surface area (Å²) in [6, 6.07) is 0. The molecular formula is C12H21BN2O2. The van der Waals surface area contributed by atoms with Crippen LogP contribution in [0.15, 0.2) is 6.20 Å². The molecule has 1 aliphatic rings. The molecule has 1 fully saturated rings. The van der Waals surface area contributed by atoms with Crippen LogP contribution < -0.4 is 5.46 Å². The van der Waals surface area contributed by atoms with E-state index in [-0.39, 0.29) is 18.3 Å². The molecule has 1 aromatic rings. The van der Waals surface area contributed by atoms with Gasteiger partial charge in [-0.15, -0.1) is 0 Å². The summed E-state index contributed by atoms with van der Waals surface area (Å²) in [6.07, 6.45) is 2.88. The van der Waals surface area contributed by atoms with E-state index in [4.69, 9.17) is 9.31 Å². The van der Waals surface area contributed by atoms with E-state index in [1.54, 1.807) is 0 Å². The minimum Gasteiger partial charge on any atom is -0.399 e. The van der Waals surface area contributed by atoms with Crippen molar-refractivity contribution in [1.82, 2.24) is 9.78 Å². The van der Waals surface area contributed by atoms with Crippen LogP contribution in [-0.4, -0.2) is 28.1 Å². The van der Waals surface area contributed by atoms with Crippen LogP contribution in [0.25, 0.3) is 0 Å². The van der Waals surface area contributed by atoms with Crippen molar-refractivity contribution in [3.8, 4) is 0 Å². The van der Waals surface area contributed by atoms with E-state index in [0.29, 0.717) is 0 Å². The number of hydrogen-bond acceptors (Lipinski definition) is 3. The molecule has 0 bridgehead atoms. The van der Waals surface area contributed by atoms with Gasteiger partial charge in [0, 0.05) is 18.7 Å². The molecule has 1 aliphatic heterocycles. The van der Waals surface area contributed by atoms with Gasteiger partial charge < -0.3 is 9.31 Å². The molecule has 94 valence electrons. The molecule has 0 spiro atoms. The van der Waals surface area contributed by atoms with Crippen LogP contribution >= 0.6 is 0 Å². The Bertz CT molecular complexity index is 410. The third-order valence-corrected chi connectivity index (χ3v) is 3.78. The molecule has 0 atom stereocenters. The molecule has 2 rings (SSSR count). The number of hydrogen-bond donors (Lipinski definition) is 0. The lowest BCUT2D eigenvalue weighted by Gasteiger charge is -2.32. The summed E-state index contributed by atoms with van der Waals surface area (Å²) in [6.45, 7) is 10.4. The zero-order valence-corrected chi connectivity index (χ0v) is 11.6. The fourth-order valence-electron chi connectivity index (χ4n) is 1.99. The molecule has 1 aromatic heterocycles. The number of rotatable bonds is 2. The lowest BCUT2D eigenvalue weighted by Crippen LogP contribution is -2.41. The zero-order valence-electron chi connectivity index (χ0n) is 11.6. The van der Waals surface area contributed by atoms with Crippen molar-refractivity contribution in [1.29, 1.82) is 0 Å². The minimum absolute atomic E-state index is 0.293. The molecule has 0 N–H and O–H groups in total. The Morgan fingerprint density at radius 3 is 2.24 bits per heavy atom. The summed E-state index contributed by atoms with van der Waals surface area (Å²) in [5.74, 6) is 0. The maximum absolute atomic E-state index is 6.03. The third kappa shape index (κ3) is 2.02. The molecule has 4 nitrogen and oxygen atoms in total. The van der Waals surface area contributed by atoms with Crippen molar-refractivity contribution < 1.29 is 9.31 Å². The predicted molar refractivity (Wildman–Crippen MR) is 68.3 cm³/mol. The summed E-state index contributed by atoms with van der Waals surface area (Å²) >= 11 is 0. The second-order valence-corrected chi connectivity index (χ2v) is 5.65. The Kier molecular flexibility index (Phi) is 2.87. The second-order valence-electron chi connectivity index (χ2n) is 5.65. The maximum Gasteiger partial charge on any atom is 0.498 e. The van der Waals surface area contributed by atoms with Gasteiger partial charge in [0.05, 0.1) is 16.9 Å². The highest BCUT2D eigenvalue weighted by atomic mass is 16.7. The van der Waals surface area contributed by atoms with Crippen molar-refractivity contribution in [3.05, 3.63) is 11.9 Å². The normalized spacial score (nSPS) is 22.1. The highest BCUT2D eigenvalue weighted by Gasteiger charge is 2.52. The van der Waals surface area contributed by atoms with E-state index < -0.39 is 0 Å². The van der Waals surface area contributed by atoms with E-state index in [0.717, 1.165) is 17.6 Å². The molecule has 0 aliphatic carbocycles. The first-order chi connectivity index (χ1) is 7.77. The largest absolute Gasteiger partial charge is 0.498 e. The van der Waals surface area contributed by atoms with Crippen molar-refractivity contribution >= 4 is 12.6 Å². The van der Waals surface area contributed by atoms with Gasteiger partial charge in [0.25, 0.3) is 0 Å². The average Bonchev–Trinajstić information content (AvgIpc) is 2.65. The summed E-state index contributed by atoms with van der Waals surface area (Å²) in [4.78, 5) is 0. The lowest BCUT2D eigenvalue weighted by atomic mass is 9.79. The van der Waals surface area contributed by atoms with Gasteiger partial charge in [0.2, 0.25) is 0 Å². The maximum atomic E-state index is 6.03. The number of nitrogens with zero attached hydrogens (tertiary/aromatic N) is 2. The highest BCUT2D eigenvalue weighted by molar-refractivity contribution is 6.62. The molecule has 0 aromatic carbocycles. The SMILES string of the molecule is CCc1nn(C)cc1B1OC(C)(C)C(C)(C)O1. The van der Waals surface area contributed by atoms with Gasteiger partial charge in [-0.25, -0.2) is 0 Å². The summed E-state index contributed by atoms with van der Waals surface area (Å²) in [5.41, 5.74) is 1.51. The summed E-state index contributed by atoms with van der Waals surface area (Å²) in [5, 5.41) is 4.43. The van der Waals surface area contributed by atoms with E-state index in [1.807, 2.05) is 17.9 Å². The van der Waals surface area contributed by atoms with Gasteiger partial charge in [0.15, 0.2) is 0 Å². The highest BCUT2D eigenvalue weighted by Crippen LogP contribution is 2.36. The van der Waals surface area contributed by atoms with E-state index in [2.05, 4.69) is 39.7 Å². The first kappa shape index (κ1) is 12.6. The van der Waals surface area contributed by atoms with Gasteiger partial charge in [0.1, 0.15) is 0 Å². The quantitative estimate of drug-likeness (QED) is 0.726. The van der Waals surface area contributed by atoms with E-state index in [9.17, 15) is 0 Å². The van der Waals surface area contributed by atoms with Crippen molar-refractivity contribution in [2.45, 2.75) is 52.2 Å². The fourth-order valence-corrected chi connectivity index (χ4v) is 1.99. The number of aryl methyl sites for hydroxylation is 2. The Balaban J connectivity index is 2.31. The molecule has 0 unspecified atom stereocenters. The van der Waals surface area contributed by atoms with Gasteiger partial charge in [-0.2, -0.15) is 5.10 Å². The van der Waals surface area contributed by atoms with Crippen LogP contribution in [0.4, 0.5) is 0 Å². The van der Waals surface area contributed by atoms with E-state index in [1.165, 1.54) is 0 Å². The third-order valence-electron chi connectivity index (χ3n) is 3.78. The zero-order chi connectivity index (χ0) is 12.8. The van der Waals surface area contributed by atoms with Crippen LogP contribution in [0.3, 0.4) is 0 Å². The minimum atomic E-state index is -0.302. The molecular weight excluding hydrogens is 215 g/mol. The Morgan fingerprint density at radius 2 is 1.76 bits per heavy atom. The van der Waals surface area contributed by atoms with E-state index >= 15 is 0 Å². The summed E-state index contributed by atoms with van der Waals surface area (Å²) in [7, 11) is 1.62. The Labute approximate surface area is 103 Å². The molecule has 1 saturated heterocycles. The van der Waals surface area contributed by atoms with Crippen molar-refractivity contribution in [2.24, 2.45) is 7.05 Å². The predicted octanol–water partition coefficient (Wildman–Crippen LogP) is 1.28.